The molecule has 0 unspecified atom stereocenters. The molecule has 2 N–H and O–H groups in total. The summed E-state index contributed by atoms with van der Waals surface area (Å²) in [7, 11) is 5.49. The number of esters is 1. The van der Waals surface area contributed by atoms with E-state index in [1.54, 1.807) is 6.92 Å². The van der Waals surface area contributed by atoms with Crippen LogP contribution in [0.5, 0.6) is 5.75 Å². The zero-order valence-corrected chi connectivity index (χ0v) is 10.7. The van der Waals surface area contributed by atoms with Crippen molar-refractivity contribution in [2.24, 2.45) is 5.73 Å². The molecule has 0 fully saturated rings. The summed E-state index contributed by atoms with van der Waals surface area (Å²) in [6.07, 6.45) is -4.99. The molecular formula is C12H13BF3NO3. The molecule has 4 nitrogen and oxygen atoms in total. The van der Waals surface area contributed by atoms with E-state index in [9.17, 15) is 18.0 Å². The first-order chi connectivity index (χ1) is 9.21. The van der Waals surface area contributed by atoms with Crippen molar-refractivity contribution in [3.63, 3.8) is 0 Å². The summed E-state index contributed by atoms with van der Waals surface area (Å²) >= 11 is 0. The van der Waals surface area contributed by atoms with Crippen LogP contribution in [-0.2, 0) is 9.53 Å². The van der Waals surface area contributed by atoms with Gasteiger partial charge >= 0.3 is 12.3 Å². The highest BCUT2D eigenvalue weighted by Gasteiger charge is 2.31. The molecule has 1 aromatic rings. The smallest absolute Gasteiger partial charge is 0.466 e. The van der Waals surface area contributed by atoms with Gasteiger partial charge in [0.2, 0.25) is 0 Å². The number of halogens is 3. The van der Waals surface area contributed by atoms with E-state index in [1.165, 1.54) is 6.07 Å². The van der Waals surface area contributed by atoms with Gasteiger partial charge in [0, 0.05) is 6.04 Å². The van der Waals surface area contributed by atoms with Crippen LogP contribution >= 0.6 is 0 Å². The van der Waals surface area contributed by atoms with Gasteiger partial charge < -0.3 is 15.2 Å². The number of hydrogen-bond donors (Lipinski definition) is 1. The number of carbonyl (C=O) groups is 1. The van der Waals surface area contributed by atoms with E-state index in [4.69, 9.17) is 18.3 Å². The van der Waals surface area contributed by atoms with Crippen molar-refractivity contribution in [1.82, 2.24) is 0 Å². The molecule has 108 valence electrons. The van der Waals surface area contributed by atoms with Crippen molar-refractivity contribution < 1.29 is 27.4 Å². The molecule has 0 aliphatic carbocycles. The van der Waals surface area contributed by atoms with E-state index in [0.717, 1.165) is 12.1 Å². The summed E-state index contributed by atoms with van der Waals surface area (Å²) in [5, 5.41) is 0. The normalized spacial score (nSPS) is 12.8. The lowest BCUT2D eigenvalue weighted by Crippen LogP contribution is -2.21. The largest absolute Gasteiger partial charge is 0.573 e. The van der Waals surface area contributed by atoms with Crippen molar-refractivity contribution in [1.29, 1.82) is 0 Å². The summed E-state index contributed by atoms with van der Waals surface area (Å²) in [6, 6.07) is 2.67. The zero-order chi connectivity index (χ0) is 15.3. The summed E-state index contributed by atoms with van der Waals surface area (Å²) in [5.41, 5.74) is 6.05. The molecule has 8 heteroatoms. The summed E-state index contributed by atoms with van der Waals surface area (Å²) in [6.45, 7) is 1.84. The van der Waals surface area contributed by atoms with Gasteiger partial charge in [-0.05, 0) is 24.6 Å². The van der Waals surface area contributed by atoms with Crippen LogP contribution in [0.3, 0.4) is 0 Å². The van der Waals surface area contributed by atoms with Gasteiger partial charge in [0.05, 0.1) is 13.0 Å². The van der Waals surface area contributed by atoms with Gasteiger partial charge in [-0.25, -0.2) is 0 Å². The monoisotopic (exact) mass is 287 g/mol. The van der Waals surface area contributed by atoms with Crippen molar-refractivity contribution in [3.05, 3.63) is 23.8 Å². The highest BCUT2D eigenvalue weighted by Crippen LogP contribution is 2.25. The third-order valence-corrected chi connectivity index (χ3v) is 2.30. The predicted molar refractivity (Wildman–Crippen MR) is 66.7 cm³/mol. The zero-order valence-electron chi connectivity index (χ0n) is 10.7. The number of hydrogen-bond acceptors (Lipinski definition) is 4. The number of alkyl halides is 3. The maximum absolute atomic E-state index is 12.1. The summed E-state index contributed by atoms with van der Waals surface area (Å²) < 4.78 is 44.9. The number of carbonyl (C=O) groups excluding carboxylic acids is 1. The Labute approximate surface area is 115 Å². The Kier molecular flexibility index (Phi) is 5.44. The molecule has 0 aliphatic rings. The molecular weight excluding hydrogens is 274 g/mol. The topological polar surface area (TPSA) is 61.5 Å². The third kappa shape index (κ3) is 5.52. The molecule has 0 amide bonds. The van der Waals surface area contributed by atoms with Crippen LogP contribution in [0.15, 0.2) is 18.2 Å². The Morgan fingerprint density at radius 1 is 1.40 bits per heavy atom. The second-order valence-corrected chi connectivity index (χ2v) is 4.00. The number of nitrogens with two attached hydrogens (primary N) is 1. The van der Waals surface area contributed by atoms with Gasteiger partial charge in [-0.2, -0.15) is 0 Å². The lowest BCUT2D eigenvalue weighted by Gasteiger charge is -2.15. The molecule has 0 aliphatic heterocycles. The second kappa shape index (κ2) is 6.65. The van der Waals surface area contributed by atoms with Crippen molar-refractivity contribution in [2.75, 3.05) is 6.61 Å². The molecule has 0 heterocycles. The molecule has 1 rings (SSSR count). The lowest BCUT2D eigenvalue weighted by molar-refractivity contribution is -0.274. The molecule has 0 bridgehead atoms. The molecule has 0 saturated heterocycles. The van der Waals surface area contributed by atoms with Crippen LogP contribution in [0.2, 0.25) is 0 Å². The van der Waals surface area contributed by atoms with Gasteiger partial charge in [-0.3, -0.25) is 4.79 Å². The molecule has 0 spiro atoms. The molecule has 0 aromatic heterocycles. The van der Waals surface area contributed by atoms with Crippen LogP contribution in [-0.4, -0.2) is 26.8 Å². The third-order valence-electron chi connectivity index (χ3n) is 2.30. The van der Waals surface area contributed by atoms with Crippen LogP contribution in [0.25, 0.3) is 0 Å². The van der Waals surface area contributed by atoms with E-state index in [1.807, 2.05) is 0 Å². The summed E-state index contributed by atoms with van der Waals surface area (Å²) in [4.78, 5) is 11.3. The van der Waals surface area contributed by atoms with Crippen molar-refractivity contribution in [3.8, 4) is 5.75 Å². The minimum Gasteiger partial charge on any atom is -0.466 e. The Morgan fingerprint density at radius 2 is 2.05 bits per heavy atom. The predicted octanol–water partition coefficient (Wildman–Crippen LogP) is 1.33. The van der Waals surface area contributed by atoms with Crippen molar-refractivity contribution >= 4 is 19.3 Å². The molecule has 1 atom stereocenters. The maximum Gasteiger partial charge on any atom is 0.573 e. The highest BCUT2D eigenvalue weighted by atomic mass is 19.4. The highest BCUT2D eigenvalue weighted by molar-refractivity contribution is 6.32. The first kappa shape index (κ1) is 16.4. The Bertz CT molecular complexity index is 480. The molecule has 1 aromatic carbocycles. The second-order valence-electron chi connectivity index (χ2n) is 4.00. The number of ether oxygens (including phenoxy) is 2. The van der Waals surface area contributed by atoms with E-state index in [2.05, 4.69) is 4.74 Å². The maximum atomic E-state index is 12.1. The molecule has 20 heavy (non-hydrogen) atoms. The average Bonchev–Trinajstić information content (AvgIpc) is 2.25. The van der Waals surface area contributed by atoms with Crippen LogP contribution in [0, 0.1) is 0 Å². The Morgan fingerprint density at radius 3 is 2.60 bits per heavy atom. The fourth-order valence-electron chi connectivity index (χ4n) is 1.57. The molecule has 0 saturated carbocycles. The van der Waals surface area contributed by atoms with E-state index >= 15 is 0 Å². The van der Waals surface area contributed by atoms with Crippen molar-refractivity contribution in [2.45, 2.75) is 25.7 Å². The Balaban J connectivity index is 2.87. The van der Waals surface area contributed by atoms with Gasteiger partial charge in [-0.1, -0.05) is 11.5 Å². The lowest BCUT2D eigenvalue weighted by atomic mass is 9.91. The minimum absolute atomic E-state index is 0.0565. The number of rotatable bonds is 5. The quantitative estimate of drug-likeness (QED) is 0.655. The first-order valence-corrected chi connectivity index (χ1v) is 5.78. The van der Waals surface area contributed by atoms with Gasteiger partial charge in [0.1, 0.15) is 13.6 Å². The van der Waals surface area contributed by atoms with E-state index in [-0.39, 0.29) is 24.1 Å². The Hall–Kier alpha value is -1.70. The average molecular weight is 287 g/mol. The van der Waals surface area contributed by atoms with Gasteiger partial charge in [-0.15, -0.1) is 13.2 Å². The first-order valence-electron chi connectivity index (χ1n) is 5.78. The van der Waals surface area contributed by atoms with E-state index < -0.39 is 24.1 Å². The summed E-state index contributed by atoms with van der Waals surface area (Å²) in [5.74, 6) is -1.02. The van der Waals surface area contributed by atoms with E-state index in [0.29, 0.717) is 0 Å². The standard InChI is InChI=1S/C12H13BF3NO3/c1-2-19-11(18)6-10(17)7-3-8(13)5-9(4-7)20-12(14,15)16/h3-5,10H,2,6,17H2,1H3/t10-/m0/s1. The molecule has 2 radical (unpaired) electrons. The minimum atomic E-state index is -4.82. The van der Waals surface area contributed by atoms with Gasteiger partial charge in [0.15, 0.2) is 0 Å². The van der Waals surface area contributed by atoms with Crippen LogP contribution in [0.1, 0.15) is 24.9 Å². The van der Waals surface area contributed by atoms with Gasteiger partial charge in [0.25, 0.3) is 0 Å². The van der Waals surface area contributed by atoms with Crippen LogP contribution < -0.4 is 15.9 Å². The SMILES string of the molecule is [B]c1cc(OC(F)(F)F)cc([C@@H](N)CC(=O)OCC)c1. The fourth-order valence-corrected chi connectivity index (χ4v) is 1.57. The number of benzene rings is 1. The fraction of sp³-hybridized carbons (Fsp3) is 0.417. The van der Waals surface area contributed by atoms with Crippen LogP contribution in [0.4, 0.5) is 13.2 Å².